The fraction of sp³-hybridized carbons (Fsp3) is 0.158. The molecule has 0 saturated carbocycles. The van der Waals surface area contributed by atoms with Crippen molar-refractivity contribution in [2.75, 3.05) is 18.7 Å². The van der Waals surface area contributed by atoms with Gasteiger partial charge in [-0.3, -0.25) is 9.36 Å². The van der Waals surface area contributed by atoms with Crippen LogP contribution in [0.4, 0.5) is 5.69 Å². The van der Waals surface area contributed by atoms with E-state index in [1.807, 2.05) is 59.5 Å². The van der Waals surface area contributed by atoms with E-state index in [0.717, 1.165) is 21.8 Å². The highest BCUT2D eigenvalue weighted by Crippen LogP contribution is 2.20. The quantitative estimate of drug-likeness (QED) is 0.695. The second kappa shape index (κ2) is 6.97. The van der Waals surface area contributed by atoms with E-state index in [2.05, 4.69) is 4.99 Å². The van der Waals surface area contributed by atoms with Crippen molar-refractivity contribution in [3.8, 4) is 5.75 Å². The highest BCUT2D eigenvalue weighted by Gasteiger charge is 2.16. The lowest BCUT2D eigenvalue weighted by Gasteiger charge is -2.25. The molecule has 0 aliphatic carbocycles. The molecular formula is C19H16ClN3O2S. The maximum Gasteiger partial charge on any atom is 0.271 e. The summed E-state index contributed by atoms with van der Waals surface area (Å²) in [4.78, 5) is 20.1. The molecule has 1 aromatic heterocycles. The van der Waals surface area contributed by atoms with Crippen molar-refractivity contribution >= 4 is 34.7 Å². The van der Waals surface area contributed by atoms with Crippen LogP contribution in [0.3, 0.4) is 0 Å². The first-order chi connectivity index (χ1) is 12.6. The summed E-state index contributed by atoms with van der Waals surface area (Å²) < 4.78 is 7.57. The summed E-state index contributed by atoms with van der Waals surface area (Å²) in [5, 5.41) is 0.675. The molecule has 1 aliphatic heterocycles. The van der Waals surface area contributed by atoms with Crippen molar-refractivity contribution in [1.29, 1.82) is 0 Å². The Morgan fingerprint density at radius 3 is 2.58 bits per heavy atom. The molecule has 1 aliphatic rings. The molecule has 4 rings (SSSR count). The summed E-state index contributed by atoms with van der Waals surface area (Å²) in [5.74, 6) is 0.802. The third-order valence-corrected chi connectivity index (χ3v) is 5.48. The minimum Gasteiger partial charge on any atom is -0.497 e. The van der Waals surface area contributed by atoms with Gasteiger partial charge in [0.25, 0.3) is 5.56 Å². The Balaban J connectivity index is 1.67. The van der Waals surface area contributed by atoms with Crippen LogP contribution in [0.5, 0.6) is 5.75 Å². The van der Waals surface area contributed by atoms with E-state index in [0.29, 0.717) is 22.9 Å². The molecule has 0 saturated heterocycles. The van der Waals surface area contributed by atoms with Crippen molar-refractivity contribution in [3.63, 3.8) is 0 Å². The lowest BCUT2D eigenvalue weighted by atomic mass is 10.2. The topological polar surface area (TPSA) is 46.8 Å². The Hall–Kier alpha value is -2.57. The SMILES string of the molecule is COc1ccc(N2CN=c3s/c(=C\c4ccc(Cl)cc4)c(=O)n3C2)cc1. The van der Waals surface area contributed by atoms with E-state index in [1.165, 1.54) is 11.3 Å². The molecule has 3 aromatic rings. The molecule has 132 valence electrons. The van der Waals surface area contributed by atoms with Gasteiger partial charge in [0.1, 0.15) is 19.1 Å². The number of ether oxygens (including phenoxy) is 1. The number of nitrogens with zero attached hydrogens (tertiary/aromatic N) is 3. The number of anilines is 1. The van der Waals surface area contributed by atoms with Crippen molar-refractivity contribution < 1.29 is 4.74 Å². The molecular weight excluding hydrogens is 370 g/mol. The van der Waals surface area contributed by atoms with Crippen LogP contribution in [-0.2, 0) is 6.67 Å². The van der Waals surface area contributed by atoms with E-state index in [-0.39, 0.29) is 5.56 Å². The van der Waals surface area contributed by atoms with Gasteiger partial charge in [-0.15, -0.1) is 0 Å². The molecule has 0 radical (unpaired) electrons. The van der Waals surface area contributed by atoms with E-state index < -0.39 is 0 Å². The Morgan fingerprint density at radius 1 is 1.15 bits per heavy atom. The monoisotopic (exact) mass is 385 g/mol. The molecule has 0 spiro atoms. The number of halogens is 1. The number of hydrogen-bond donors (Lipinski definition) is 0. The van der Waals surface area contributed by atoms with Gasteiger partial charge in [-0.2, -0.15) is 0 Å². The number of methoxy groups -OCH3 is 1. The number of thiazole rings is 1. The molecule has 7 heteroatoms. The van der Waals surface area contributed by atoms with E-state index in [1.54, 1.807) is 11.7 Å². The van der Waals surface area contributed by atoms with Gasteiger partial charge in [-0.25, -0.2) is 4.99 Å². The molecule has 0 fully saturated rings. The van der Waals surface area contributed by atoms with Gasteiger partial charge in [0, 0.05) is 10.7 Å². The van der Waals surface area contributed by atoms with Crippen LogP contribution in [0.25, 0.3) is 6.08 Å². The largest absolute Gasteiger partial charge is 0.497 e. The van der Waals surface area contributed by atoms with E-state index >= 15 is 0 Å². The van der Waals surface area contributed by atoms with Crippen LogP contribution in [0.2, 0.25) is 5.02 Å². The molecule has 5 nitrogen and oxygen atoms in total. The van der Waals surface area contributed by atoms with Gasteiger partial charge >= 0.3 is 0 Å². The number of fused-ring (bicyclic) bond motifs is 1. The first-order valence-corrected chi connectivity index (χ1v) is 9.24. The van der Waals surface area contributed by atoms with Crippen molar-refractivity contribution in [2.24, 2.45) is 4.99 Å². The standard InChI is InChI=1S/C19H16ClN3O2S/c1-25-16-8-6-15(7-9-16)22-11-21-19-23(12-22)18(24)17(26-19)10-13-2-4-14(20)5-3-13/h2-10H,11-12H2,1H3/b17-10-. The van der Waals surface area contributed by atoms with Gasteiger partial charge in [0.2, 0.25) is 0 Å². The number of rotatable bonds is 3. The maximum absolute atomic E-state index is 12.8. The fourth-order valence-corrected chi connectivity index (χ4v) is 3.87. The minimum absolute atomic E-state index is 0.0260. The minimum atomic E-state index is -0.0260. The summed E-state index contributed by atoms with van der Waals surface area (Å²) in [6.45, 7) is 1.00. The normalized spacial score (nSPS) is 14.1. The highest BCUT2D eigenvalue weighted by atomic mass is 35.5. The van der Waals surface area contributed by atoms with Crippen LogP contribution < -0.4 is 24.5 Å². The van der Waals surface area contributed by atoms with Crippen LogP contribution in [0, 0.1) is 0 Å². The Morgan fingerprint density at radius 2 is 1.88 bits per heavy atom. The first-order valence-electron chi connectivity index (χ1n) is 8.04. The summed E-state index contributed by atoms with van der Waals surface area (Å²) in [6.07, 6.45) is 1.88. The van der Waals surface area contributed by atoms with E-state index in [9.17, 15) is 4.79 Å². The molecule has 0 amide bonds. The van der Waals surface area contributed by atoms with Crippen LogP contribution in [-0.4, -0.2) is 18.3 Å². The van der Waals surface area contributed by atoms with Crippen LogP contribution in [0.15, 0.2) is 58.3 Å². The third kappa shape index (κ3) is 3.25. The van der Waals surface area contributed by atoms with Gasteiger partial charge in [-0.05, 0) is 48.0 Å². The van der Waals surface area contributed by atoms with Crippen molar-refractivity contribution in [2.45, 2.75) is 6.67 Å². The predicted octanol–water partition coefficient (Wildman–Crippen LogP) is 2.46. The molecule has 0 bridgehead atoms. The summed E-state index contributed by atoms with van der Waals surface area (Å²) >= 11 is 7.33. The zero-order valence-corrected chi connectivity index (χ0v) is 15.6. The third-order valence-electron chi connectivity index (χ3n) is 4.18. The van der Waals surface area contributed by atoms with E-state index in [4.69, 9.17) is 16.3 Å². The second-order valence-corrected chi connectivity index (χ2v) is 7.30. The number of hydrogen-bond acceptors (Lipinski definition) is 5. The zero-order valence-electron chi connectivity index (χ0n) is 14.1. The fourth-order valence-electron chi connectivity index (χ4n) is 2.78. The van der Waals surface area contributed by atoms with Crippen molar-refractivity contribution in [3.05, 3.63) is 78.8 Å². The van der Waals surface area contributed by atoms with Gasteiger partial charge < -0.3 is 9.64 Å². The second-order valence-electron chi connectivity index (χ2n) is 5.86. The first kappa shape index (κ1) is 16.9. The van der Waals surface area contributed by atoms with Gasteiger partial charge in [0.05, 0.1) is 11.6 Å². The molecule has 0 unspecified atom stereocenters. The predicted molar refractivity (Wildman–Crippen MR) is 105 cm³/mol. The average molecular weight is 386 g/mol. The lowest BCUT2D eigenvalue weighted by Crippen LogP contribution is -2.42. The number of benzene rings is 2. The van der Waals surface area contributed by atoms with Gasteiger partial charge in [-0.1, -0.05) is 35.1 Å². The Labute approximate surface area is 159 Å². The van der Waals surface area contributed by atoms with Crippen LogP contribution in [0.1, 0.15) is 5.56 Å². The summed E-state index contributed by atoms with van der Waals surface area (Å²) in [5.41, 5.74) is 1.92. The summed E-state index contributed by atoms with van der Waals surface area (Å²) in [7, 11) is 1.64. The smallest absolute Gasteiger partial charge is 0.271 e. The lowest BCUT2D eigenvalue weighted by molar-refractivity contribution is 0.414. The maximum atomic E-state index is 12.8. The Bertz CT molecular complexity index is 1100. The zero-order chi connectivity index (χ0) is 18.1. The van der Waals surface area contributed by atoms with Gasteiger partial charge in [0.15, 0.2) is 4.80 Å². The average Bonchev–Trinajstić information content (AvgIpc) is 2.99. The Kier molecular flexibility index (Phi) is 4.53. The van der Waals surface area contributed by atoms with Crippen LogP contribution >= 0.6 is 22.9 Å². The highest BCUT2D eigenvalue weighted by molar-refractivity contribution is 7.07. The molecule has 2 heterocycles. The molecule has 0 atom stereocenters. The molecule has 26 heavy (non-hydrogen) atoms. The van der Waals surface area contributed by atoms with Crippen molar-refractivity contribution in [1.82, 2.24) is 4.57 Å². The number of aromatic nitrogens is 1. The molecule has 2 aromatic carbocycles. The molecule has 0 N–H and O–H groups in total. The summed E-state index contributed by atoms with van der Waals surface area (Å²) in [6, 6.07) is 15.2.